The largest absolute Gasteiger partial charge is 0.481 e. The van der Waals surface area contributed by atoms with Crippen molar-refractivity contribution in [2.45, 2.75) is 37.5 Å². The second-order valence-corrected chi connectivity index (χ2v) is 4.19. The highest BCUT2D eigenvalue weighted by Crippen LogP contribution is 2.43. The third-order valence-corrected chi connectivity index (χ3v) is 3.33. The van der Waals surface area contributed by atoms with Crippen molar-refractivity contribution in [3.8, 4) is 0 Å². The van der Waals surface area contributed by atoms with Gasteiger partial charge in [0, 0.05) is 12.1 Å². The van der Waals surface area contributed by atoms with Gasteiger partial charge in [-0.2, -0.15) is 13.2 Å². The van der Waals surface area contributed by atoms with Crippen LogP contribution >= 0.6 is 0 Å². The molecule has 0 aromatic carbocycles. The molecule has 1 amide bonds. The molecule has 2 fully saturated rings. The first-order valence-corrected chi connectivity index (χ1v) is 4.94. The Morgan fingerprint density at radius 2 is 1.88 bits per heavy atom. The molecule has 0 saturated carbocycles. The molecule has 1 N–H and O–H groups in total. The van der Waals surface area contributed by atoms with E-state index in [4.69, 9.17) is 5.11 Å². The molecule has 2 saturated heterocycles. The van der Waals surface area contributed by atoms with E-state index in [1.54, 1.807) is 0 Å². The average molecular weight is 237 g/mol. The molecule has 2 aliphatic heterocycles. The average Bonchev–Trinajstić information content (AvgIpc) is 2.71. The number of aliphatic carboxylic acids is 1. The van der Waals surface area contributed by atoms with Crippen molar-refractivity contribution >= 4 is 11.9 Å². The lowest BCUT2D eigenvalue weighted by Gasteiger charge is -2.23. The van der Waals surface area contributed by atoms with E-state index in [1.807, 2.05) is 0 Å². The maximum atomic E-state index is 12.3. The highest BCUT2D eigenvalue weighted by Gasteiger charge is 2.56. The number of rotatable bonds is 1. The predicted octanol–water partition coefficient (Wildman–Crippen LogP) is 1.01. The van der Waals surface area contributed by atoms with Crippen LogP contribution in [-0.2, 0) is 9.59 Å². The zero-order valence-corrected chi connectivity index (χ0v) is 8.20. The molecule has 2 heterocycles. The minimum Gasteiger partial charge on any atom is -0.481 e. The van der Waals surface area contributed by atoms with Gasteiger partial charge in [0.05, 0.1) is 5.92 Å². The molecule has 4 nitrogen and oxygen atoms in total. The van der Waals surface area contributed by atoms with Crippen molar-refractivity contribution in [3.63, 3.8) is 0 Å². The Labute approximate surface area is 89.0 Å². The van der Waals surface area contributed by atoms with Crippen LogP contribution < -0.4 is 0 Å². The summed E-state index contributed by atoms with van der Waals surface area (Å²) in [5.41, 5.74) is 0. The Morgan fingerprint density at radius 1 is 1.25 bits per heavy atom. The zero-order chi connectivity index (χ0) is 12.1. The molecule has 7 heteroatoms. The Hall–Kier alpha value is -1.27. The Bertz CT molecular complexity index is 341. The van der Waals surface area contributed by atoms with Crippen LogP contribution in [0.15, 0.2) is 0 Å². The van der Waals surface area contributed by atoms with Crippen molar-refractivity contribution in [1.82, 2.24) is 4.90 Å². The monoisotopic (exact) mass is 237 g/mol. The first-order chi connectivity index (χ1) is 7.32. The van der Waals surface area contributed by atoms with Crippen LogP contribution in [0, 0.1) is 5.92 Å². The second-order valence-electron chi connectivity index (χ2n) is 4.19. The number of amides is 1. The van der Waals surface area contributed by atoms with E-state index in [1.165, 1.54) is 0 Å². The quantitative estimate of drug-likeness (QED) is 0.740. The number of alkyl halides is 3. The Morgan fingerprint density at radius 3 is 2.31 bits per heavy atom. The number of carboxylic acid groups (broad SMARTS) is 1. The van der Waals surface area contributed by atoms with Gasteiger partial charge in [-0.1, -0.05) is 0 Å². The van der Waals surface area contributed by atoms with Gasteiger partial charge in [-0.15, -0.1) is 0 Å². The maximum absolute atomic E-state index is 12.3. The van der Waals surface area contributed by atoms with Gasteiger partial charge in [0.15, 0.2) is 0 Å². The molecule has 2 rings (SSSR count). The Kier molecular flexibility index (Phi) is 2.36. The van der Waals surface area contributed by atoms with Gasteiger partial charge < -0.3 is 10.0 Å². The number of hydrogen-bond acceptors (Lipinski definition) is 2. The summed E-state index contributed by atoms with van der Waals surface area (Å²) >= 11 is 0. The van der Waals surface area contributed by atoms with Gasteiger partial charge in [0.1, 0.15) is 0 Å². The van der Waals surface area contributed by atoms with Crippen molar-refractivity contribution in [3.05, 3.63) is 0 Å². The number of carboxylic acids is 1. The molecule has 3 unspecified atom stereocenters. The lowest BCUT2D eigenvalue weighted by atomic mass is 9.89. The molecule has 3 atom stereocenters. The van der Waals surface area contributed by atoms with Crippen LogP contribution in [0.1, 0.15) is 19.3 Å². The first kappa shape index (κ1) is 11.2. The predicted molar refractivity (Wildman–Crippen MR) is 45.5 cm³/mol. The number of carbonyl (C=O) groups excluding carboxylic acids is 1. The van der Waals surface area contributed by atoms with Gasteiger partial charge in [-0.05, 0) is 19.3 Å². The normalized spacial score (nSPS) is 33.2. The third-order valence-electron chi connectivity index (χ3n) is 3.33. The summed E-state index contributed by atoms with van der Waals surface area (Å²) in [6.45, 7) is 0. The summed E-state index contributed by atoms with van der Waals surface area (Å²) in [5.74, 6) is -3.86. The van der Waals surface area contributed by atoms with E-state index < -0.39 is 36.1 Å². The number of carbonyl (C=O) groups is 2. The van der Waals surface area contributed by atoms with Crippen molar-refractivity contribution in [2.24, 2.45) is 5.92 Å². The first-order valence-electron chi connectivity index (χ1n) is 4.94. The van der Waals surface area contributed by atoms with E-state index in [-0.39, 0.29) is 6.42 Å². The molecule has 0 radical (unpaired) electrons. The van der Waals surface area contributed by atoms with Crippen molar-refractivity contribution in [2.75, 3.05) is 0 Å². The van der Waals surface area contributed by atoms with Gasteiger partial charge in [0.2, 0.25) is 0 Å². The van der Waals surface area contributed by atoms with E-state index in [0.717, 1.165) is 4.90 Å². The standard InChI is InChI=1S/C9H10F3NO3/c10-9(11,12)8(16)13-4-1-2-6(13)5(3-4)7(14)15/h4-6H,1-3H2,(H,14,15). The molecule has 0 spiro atoms. The highest BCUT2D eigenvalue weighted by atomic mass is 19.4. The van der Waals surface area contributed by atoms with E-state index in [9.17, 15) is 22.8 Å². The fourth-order valence-electron chi connectivity index (χ4n) is 2.72. The summed E-state index contributed by atoms with van der Waals surface area (Å²) in [6.07, 6.45) is -3.95. The third kappa shape index (κ3) is 1.54. The molecule has 2 bridgehead atoms. The fourth-order valence-corrected chi connectivity index (χ4v) is 2.72. The summed E-state index contributed by atoms with van der Waals surface area (Å²) in [4.78, 5) is 22.6. The van der Waals surface area contributed by atoms with Gasteiger partial charge in [-0.3, -0.25) is 9.59 Å². The summed E-state index contributed by atoms with van der Waals surface area (Å²) in [7, 11) is 0. The van der Waals surface area contributed by atoms with Crippen LogP contribution in [0.4, 0.5) is 13.2 Å². The number of hydrogen-bond donors (Lipinski definition) is 1. The zero-order valence-electron chi connectivity index (χ0n) is 8.20. The van der Waals surface area contributed by atoms with Crippen LogP contribution in [0.25, 0.3) is 0 Å². The van der Waals surface area contributed by atoms with Crippen LogP contribution in [-0.4, -0.2) is 40.1 Å². The topological polar surface area (TPSA) is 57.6 Å². The minimum absolute atomic E-state index is 0.141. The summed E-state index contributed by atoms with van der Waals surface area (Å²) < 4.78 is 36.8. The molecule has 2 aliphatic rings. The molecule has 0 aromatic rings. The molecule has 0 aromatic heterocycles. The summed E-state index contributed by atoms with van der Waals surface area (Å²) in [6, 6.07) is -1.34. The maximum Gasteiger partial charge on any atom is 0.471 e. The molecule has 0 aliphatic carbocycles. The molecule has 90 valence electrons. The molecular weight excluding hydrogens is 227 g/mol. The minimum atomic E-state index is -4.91. The number of halogens is 3. The highest BCUT2D eigenvalue weighted by molar-refractivity contribution is 5.84. The fraction of sp³-hybridized carbons (Fsp3) is 0.778. The summed E-state index contributed by atoms with van der Waals surface area (Å²) in [5, 5.41) is 8.82. The SMILES string of the molecule is O=C(O)C1CC2CCC1N2C(=O)C(F)(F)F. The number of nitrogens with zero attached hydrogens (tertiary/aromatic N) is 1. The second kappa shape index (κ2) is 3.36. The van der Waals surface area contributed by atoms with Crippen LogP contribution in [0.5, 0.6) is 0 Å². The van der Waals surface area contributed by atoms with Crippen molar-refractivity contribution in [1.29, 1.82) is 0 Å². The molecule has 16 heavy (non-hydrogen) atoms. The molecular formula is C9H10F3NO3. The van der Waals surface area contributed by atoms with Crippen LogP contribution in [0.2, 0.25) is 0 Å². The van der Waals surface area contributed by atoms with Gasteiger partial charge in [-0.25, -0.2) is 0 Å². The number of fused-ring (bicyclic) bond motifs is 2. The van der Waals surface area contributed by atoms with Gasteiger partial charge in [0.25, 0.3) is 0 Å². The van der Waals surface area contributed by atoms with E-state index in [0.29, 0.717) is 12.8 Å². The van der Waals surface area contributed by atoms with E-state index >= 15 is 0 Å². The lowest BCUT2D eigenvalue weighted by molar-refractivity contribution is -0.187. The van der Waals surface area contributed by atoms with Gasteiger partial charge >= 0.3 is 18.1 Å². The lowest BCUT2D eigenvalue weighted by Crippen LogP contribution is -2.45. The van der Waals surface area contributed by atoms with Crippen LogP contribution in [0.3, 0.4) is 0 Å². The Balaban J connectivity index is 2.20. The van der Waals surface area contributed by atoms with E-state index in [2.05, 4.69) is 0 Å². The smallest absolute Gasteiger partial charge is 0.471 e. The van der Waals surface area contributed by atoms with Crippen molar-refractivity contribution < 1.29 is 27.9 Å².